The molecule has 0 spiro atoms. The fourth-order valence-corrected chi connectivity index (χ4v) is 3.02. The average molecular weight is 348 g/mol. The summed E-state index contributed by atoms with van der Waals surface area (Å²) in [6.45, 7) is 0. The Morgan fingerprint density at radius 2 is 1.64 bits per heavy atom. The summed E-state index contributed by atoms with van der Waals surface area (Å²) in [5, 5.41) is 19.8. The van der Waals surface area contributed by atoms with Gasteiger partial charge in [-0.1, -0.05) is 35.9 Å². The van der Waals surface area contributed by atoms with Crippen LogP contribution in [0.2, 0.25) is 5.02 Å². The molecule has 120 valence electrons. The van der Waals surface area contributed by atoms with E-state index < -0.39 is 5.91 Å². The fraction of sp³-hybridized carbons (Fsp3) is 0. The molecule has 1 aromatic heterocycles. The van der Waals surface area contributed by atoms with Crippen molar-refractivity contribution in [2.24, 2.45) is 4.99 Å². The summed E-state index contributed by atoms with van der Waals surface area (Å²) in [4.78, 5) is 19.4. The van der Waals surface area contributed by atoms with Gasteiger partial charge in [0.2, 0.25) is 0 Å². The van der Waals surface area contributed by atoms with E-state index in [4.69, 9.17) is 16.9 Å². The summed E-state index contributed by atoms with van der Waals surface area (Å²) in [6, 6.07) is 15.7. The van der Waals surface area contributed by atoms with E-state index in [-0.39, 0.29) is 5.88 Å². The number of fused-ring (bicyclic) bond motifs is 1. The molecule has 2 N–H and O–H groups in total. The number of hydrogen-bond acceptors (Lipinski definition) is 3. The lowest BCUT2D eigenvalue weighted by Crippen LogP contribution is -1.99. The molecule has 0 saturated heterocycles. The first kappa shape index (κ1) is 15.2. The molecule has 25 heavy (non-hydrogen) atoms. The highest BCUT2D eigenvalue weighted by atomic mass is 35.5. The minimum absolute atomic E-state index is 0.117. The van der Waals surface area contributed by atoms with Crippen LogP contribution in [0.3, 0.4) is 0 Å². The minimum Gasteiger partial charge on any atom is -0.494 e. The van der Waals surface area contributed by atoms with Crippen molar-refractivity contribution in [3.63, 3.8) is 0 Å². The van der Waals surface area contributed by atoms with Gasteiger partial charge >= 0.3 is 0 Å². The number of carbonyl (C=O) groups is 1. The zero-order valence-electron chi connectivity index (χ0n) is 12.7. The number of aromatic amines is 1. The second-order valence-corrected chi connectivity index (χ2v) is 6.00. The van der Waals surface area contributed by atoms with Crippen LogP contribution in [0.4, 0.5) is 0 Å². The Kier molecular flexibility index (Phi) is 3.41. The third-order valence-corrected chi connectivity index (χ3v) is 4.32. The number of aromatic nitrogens is 1. The van der Waals surface area contributed by atoms with Gasteiger partial charge in [-0.25, -0.2) is 4.99 Å². The van der Waals surface area contributed by atoms with Gasteiger partial charge in [0.1, 0.15) is 0 Å². The molecule has 6 heteroatoms. The number of nitrogens with one attached hydrogen (secondary N) is 1. The van der Waals surface area contributed by atoms with Crippen LogP contribution in [-0.4, -0.2) is 21.7 Å². The number of aromatic hydroxyl groups is 1. The molecule has 1 amide bonds. The maximum Gasteiger partial charge on any atom is 0.280 e. The Hall–Kier alpha value is -3.36. The molecule has 0 bridgehead atoms. The Balaban J connectivity index is 1.85. The molecule has 0 saturated carbocycles. The number of rotatable bonds is 2. The van der Waals surface area contributed by atoms with E-state index in [0.29, 0.717) is 44.2 Å². The lowest BCUT2D eigenvalue weighted by molar-refractivity contribution is 0.101. The van der Waals surface area contributed by atoms with Gasteiger partial charge in [0, 0.05) is 10.6 Å². The van der Waals surface area contributed by atoms with E-state index in [1.807, 2.05) is 6.07 Å². The standard InChI is InChI=1S/C19H10ClN3O2/c20-13-7-5-12(6-8-13)17-15-14(18(24)23-17)16(22-19(15)25)11-3-1-10(9-21)2-4-11/h1-8,22,25H. The number of amides is 1. The van der Waals surface area contributed by atoms with Gasteiger partial charge in [-0.2, -0.15) is 5.26 Å². The van der Waals surface area contributed by atoms with Crippen LogP contribution in [0.1, 0.15) is 27.0 Å². The van der Waals surface area contributed by atoms with E-state index in [9.17, 15) is 9.90 Å². The van der Waals surface area contributed by atoms with Crippen LogP contribution in [0.15, 0.2) is 53.5 Å². The number of benzene rings is 2. The highest BCUT2D eigenvalue weighted by Gasteiger charge is 2.33. The number of carbonyl (C=O) groups excluding carboxylic acids is 1. The van der Waals surface area contributed by atoms with Crippen LogP contribution in [0.5, 0.6) is 5.88 Å². The molecular formula is C19H10ClN3O2. The smallest absolute Gasteiger partial charge is 0.280 e. The van der Waals surface area contributed by atoms with Crippen molar-refractivity contribution in [2.75, 3.05) is 0 Å². The van der Waals surface area contributed by atoms with Gasteiger partial charge in [0.05, 0.1) is 34.2 Å². The zero-order chi connectivity index (χ0) is 17.6. The molecule has 0 radical (unpaired) electrons. The van der Waals surface area contributed by atoms with Crippen molar-refractivity contribution in [3.05, 3.63) is 75.8 Å². The molecule has 0 aliphatic carbocycles. The summed E-state index contributed by atoms with van der Waals surface area (Å²) in [7, 11) is 0. The number of nitrogens with zero attached hydrogens (tertiary/aromatic N) is 2. The summed E-state index contributed by atoms with van der Waals surface area (Å²) in [6.07, 6.45) is 0. The zero-order valence-corrected chi connectivity index (χ0v) is 13.5. The third kappa shape index (κ3) is 2.40. The first-order valence-electron chi connectivity index (χ1n) is 7.43. The van der Waals surface area contributed by atoms with Crippen molar-refractivity contribution in [1.82, 2.24) is 4.98 Å². The quantitative estimate of drug-likeness (QED) is 0.736. The second kappa shape index (κ2) is 5.62. The van der Waals surface area contributed by atoms with Crippen LogP contribution in [0, 0.1) is 11.3 Å². The highest BCUT2D eigenvalue weighted by molar-refractivity contribution is 6.32. The molecule has 1 aliphatic rings. The van der Waals surface area contributed by atoms with Crippen molar-refractivity contribution < 1.29 is 9.90 Å². The first-order valence-corrected chi connectivity index (χ1v) is 7.81. The molecule has 0 unspecified atom stereocenters. The van der Waals surface area contributed by atoms with Gasteiger partial charge in [-0.3, -0.25) is 4.79 Å². The van der Waals surface area contributed by atoms with Crippen molar-refractivity contribution in [1.29, 1.82) is 5.26 Å². The number of nitriles is 1. The number of hydrogen-bond donors (Lipinski definition) is 2. The Labute approximate surface area is 147 Å². The van der Waals surface area contributed by atoms with E-state index in [1.54, 1.807) is 48.5 Å². The molecule has 0 atom stereocenters. The first-order chi connectivity index (χ1) is 12.1. The molecule has 1 aliphatic heterocycles. The summed E-state index contributed by atoms with van der Waals surface area (Å²) in [5.74, 6) is -0.537. The topological polar surface area (TPSA) is 89.2 Å². The van der Waals surface area contributed by atoms with Gasteiger partial charge in [-0.05, 0) is 29.8 Å². The third-order valence-electron chi connectivity index (χ3n) is 4.06. The van der Waals surface area contributed by atoms with Crippen molar-refractivity contribution >= 4 is 23.2 Å². The van der Waals surface area contributed by atoms with E-state index in [1.165, 1.54) is 0 Å². The Morgan fingerprint density at radius 1 is 1.00 bits per heavy atom. The van der Waals surface area contributed by atoms with E-state index in [2.05, 4.69) is 9.98 Å². The van der Waals surface area contributed by atoms with Gasteiger partial charge in [0.15, 0.2) is 5.88 Å². The lowest BCUT2D eigenvalue weighted by atomic mass is 10.00. The Bertz CT molecular complexity index is 1070. The van der Waals surface area contributed by atoms with Crippen molar-refractivity contribution in [2.45, 2.75) is 0 Å². The molecule has 5 nitrogen and oxygen atoms in total. The SMILES string of the molecule is N#Cc1ccc(-c2[nH]c(O)c3c2C(=O)N=C3c2ccc(Cl)cc2)cc1. The molecule has 3 aromatic rings. The normalized spacial score (nSPS) is 12.6. The minimum atomic E-state index is -0.421. The van der Waals surface area contributed by atoms with Gasteiger partial charge < -0.3 is 10.1 Å². The van der Waals surface area contributed by atoms with Crippen LogP contribution < -0.4 is 0 Å². The van der Waals surface area contributed by atoms with Gasteiger partial charge in [0.25, 0.3) is 5.91 Å². The van der Waals surface area contributed by atoms with Crippen LogP contribution in [0.25, 0.3) is 11.3 Å². The summed E-state index contributed by atoms with van der Waals surface area (Å²) >= 11 is 5.90. The molecule has 4 rings (SSSR count). The molecular weight excluding hydrogens is 338 g/mol. The Morgan fingerprint density at radius 3 is 2.28 bits per heavy atom. The monoisotopic (exact) mass is 347 g/mol. The second-order valence-electron chi connectivity index (χ2n) is 5.56. The van der Waals surface area contributed by atoms with Crippen molar-refractivity contribution in [3.8, 4) is 23.2 Å². The maximum absolute atomic E-state index is 12.4. The molecule has 2 heterocycles. The maximum atomic E-state index is 12.4. The van der Waals surface area contributed by atoms with Crippen LogP contribution in [-0.2, 0) is 0 Å². The van der Waals surface area contributed by atoms with Crippen LogP contribution >= 0.6 is 11.6 Å². The summed E-state index contributed by atoms with van der Waals surface area (Å²) in [5.41, 5.74) is 3.49. The molecule has 0 fully saturated rings. The number of halogens is 1. The summed E-state index contributed by atoms with van der Waals surface area (Å²) < 4.78 is 0. The largest absolute Gasteiger partial charge is 0.494 e. The number of aliphatic imine (C=N–C) groups is 1. The predicted octanol–water partition coefficient (Wildman–Crippen LogP) is 3.90. The average Bonchev–Trinajstić information content (AvgIpc) is 3.15. The van der Waals surface area contributed by atoms with E-state index >= 15 is 0 Å². The highest BCUT2D eigenvalue weighted by Crippen LogP contribution is 2.38. The predicted molar refractivity (Wildman–Crippen MR) is 94.0 cm³/mol. The van der Waals surface area contributed by atoms with E-state index in [0.717, 1.165) is 0 Å². The fourth-order valence-electron chi connectivity index (χ4n) is 2.89. The van der Waals surface area contributed by atoms with Gasteiger partial charge in [-0.15, -0.1) is 0 Å². The molecule has 2 aromatic carbocycles. The number of H-pyrrole nitrogens is 1. The lowest BCUT2D eigenvalue weighted by Gasteiger charge is -2.01.